The molecule has 1 aliphatic rings. The van der Waals surface area contributed by atoms with Crippen molar-refractivity contribution in [3.05, 3.63) is 23.9 Å². The Labute approximate surface area is 81.6 Å². The molecule has 0 aromatic heterocycles. The van der Waals surface area contributed by atoms with E-state index >= 15 is 0 Å². The number of nitrogens with zero attached hydrogens (tertiary/aromatic N) is 1. The molecule has 1 rings (SSSR count). The van der Waals surface area contributed by atoms with E-state index in [-0.39, 0.29) is 12.4 Å². The van der Waals surface area contributed by atoms with Gasteiger partial charge in [0.15, 0.2) is 0 Å². The molecule has 0 aliphatic carbocycles. The normalized spacial score (nSPS) is 15.5. The molecule has 1 heterocycles. The van der Waals surface area contributed by atoms with Crippen molar-refractivity contribution in [2.75, 3.05) is 13.1 Å². The average molecular weight is 188 g/mol. The fourth-order valence-corrected chi connectivity index (χ4v) is 1.14. The lowest BCUT2D eigenvalue weighted by Gasteiger charge is -2.21. The quantitative estimate of drug-likeness (QED) is 0.657. The Morgan fingerprint density at radius 1 is 1.50 bits per heavy atom. The van der Waals surface area contributed by atoms with Gasteiger partial charge in [0.05, 0.1) is 0 Å². The van der Waals surface area contributed by atoms with Gasteiger partial charge in [-0.2, -0.15) is 0 Å². The van der Waals surface area contributed by atoms with E-state index in [2.05, 4.69) is 37.1 Å². The van der Waals surface area contributed by atoms with Crippen molar-refractivity contribution in [3.63, 3.8) is 0 Å². The van der Waals surface area contributed by atoms with E-state index in [1.807, 2.05) is 0 Å². The molecule has 12 heavy (non-hydrogen) atoms. The standard InChI is InChI=1S/C10H17N.ClH/c1-3-4-7-11-8-5-10(2)6-9-11;/h5-6,8H,3-4,7,9H2,1-2H3;1H. The minimum atomic E-state index is 0. The van der Waals surface area contributed by atoms with Gasteiger partial charge < -0.3 is 4.90 Å². The van der Waals surface area contributed by atoms with Gasteiger partial charge in [-0.1, -0.05) is 25.0 Å². The SMILES string of the molecule is CCCCN1C=CC(C)=CC1.Cl. The number of allylic oxidation sites excluding steroid dienone is 2. The second-order valence-corrected chi connectivity index (χ2v) is 3.11. The number of rotatable bonds is 3. The van der Waals surface area contributed by atoms with Crippen LogP contribution in [0, 0.1) is 0 Å². The Bertz CT molecular complexity index is 173. The fraction of sp³-hybridized carbons (Fsp3) is 0.600. The molecule has 0 aromatic carbocycles. The van der Waals surface area contributed by atoms with E-state index in [1.165, 1.54) is 25.0 Å². The predicted molar refractivity (Wildman–Crippen MR) is 56.6 cm³/mol. The van der Waals surface area contributed by atoms with Crippen LogP contribution >= 0.6 is 12.4 Å². The number of hydrogen-bond donors (Lipinski definition) is 0. The van der Waals surface area contributed by atoms with E-state index < -0.39 is 0 Å². The lowest BCUT2D eigenvalue weighted by Crippen LogP contribution is -2.20. The fourth-order valence-electron chi connectivity index (χ4n) is 1.14. The van der Waals surface area contributed by atoms with Gasteiger partial charge in [0.2, 0.25) is 0 Å². The first-order valence-corrected chi connectivity index (χ1v) is 4.42. The third kappa shape index (κ3) is 3.82. The zero-order valence-electron chi connectivity index (χ0n) is 7.92. The molecule has 0 aromatic rings. The highest BCUT2D eigenvalue weighted by Gasteiger charge is 1.99. The van der Waals surface area contributed by atoms with Gasteiger partial charge >= 0.3 is 0 Å². The molecule has 0 radical (unpaired) electrons. The van der Waals surface area contributed by atoms with Crippen LogP contribution in [-0.4, -0.2) is 18.0 Å². The minimum Gasteiger partial charge on any atom is -0.374 e. The predicted octanol–water partition coefficient (Wildman–Crippen LogP) is 2.98. The van der Waals surface area contributed by atoms with Crippen molar-refractivity contribution in [1.82, 2.24) is 4.90 Å². The number of unbranched alkanes of at least 4 members (excludes halogenated alkanes) is 1. The zero-order valence-corrected chi connectivity index (χ0v) is 8.73. The van der Waals surface area contributed by atoms with Crippen LogP contribution < -0.4 is 0 Å². The van der Waals surface area contributed by atoms with Crippen LogP contribution in [0.4, 0.5) is 0 Å². The summed E-state index contributed by atoms with van der Waals surface area (Å²) in [5.74, 6) is 0. The van der Waals surface area contributed by atoms with Crippen LogP contribution in [0.5, 0.6) is 0 Å². The maximum Gasteiger partial charge on any atom is 0.0359 e. The highest BCUT2D eigenvalue weighted by atomic mass is 35.5. The highest BCUT2D eigenvalue weighted by molar-refractivity contribution is 5.85. The lowest BCUT2D eigenvalue weighted by molar-refractivity contribution is 0.399. The molecule has 1 nitrogen and oxygen atoms in total. The molecule has 0 amide bonds. The molecule has 1 aliphatic heterocycles. The molecule has 70 valence electrons. The minimum absolute atomic E-state index is 0. The third-order valence-corrected chi connectivity index (χ3v) is 1.99. The molecule has 0 unspecified atom stereocenters. The zero-order chi connectivity index (χ0) is 8.10. The Hall–Kier alpha value is -0.430. The van der Waals surface area contributed by atoms with Crippen LogP contribution in [0.25, 0.3) is 0 Å². The summed E-state index contributed by atoms with van der Waals surface area (Å²) in [6.07, 6.45) is 9.24. The van der Waals surface area contributed by atoms with Crippen LogP contribution in [0.15, 0.2) is 23.9 Å². The second kappa shape index (κ2) is 6.13. The molecule has 0 saturated carbocycles. The summed E-state index contributed by atoms with van der Waals surface area (Å²) in [5, 5.41) is 0. The van der Waals surface area contributed by atoms with Gasteiger partial charge in [0.25, 0.3) is 0 Å². The Balaban J connectivity index is 0.00000121. The van der Waals surface area contributed by atoms with E-state index in [9.17, 15) is 0 Å². The summed E-state index contributed by atoms with van der Waals surface area (Å²) < 4.78 is 0. The lowest BCUT2D eigenvalue weighted by atomic mass is 10.2. The first-order chi connectivity index (χ1) is 5.33. The van der Waals surface area contributed by atoms with Crippen LogP contribution in [-0.2, 0) is 0 Å². The first-order valence-electron chi connectivity index (χ1n) is 4.42. The maximum absolute atomic E-state index is 2.36. The Morgan fingerprint density at radius 3 is 2.75 bits per heavy atom. The van der Waals surface area contributed by atoms with E-state index in [1.54, 1.807) is 0 Å². The summed E-state index contributed by atoms with van der Waals surface area (Å²) >= 11 is 0. The molecule has 0 atom stereocenters. The third-order valence-electron chi connectivity index (χ3n) is 1.99. The van der Waals surface area contributed by atoms with Gasteiger partial charge in [0, 0.05) is 13.1 Å². The second-order valence-electron chi connectivity index (χ2n) is 3.11. The molecule has 0 bridgehead atoms. The van der Waals surface area contributed by atoms with Gasteiger partial charge in [0.1, 0.15) is 0 Å². The van der Waals surface area contributed by atoms with Gasteiger partial charge in [-0.3, -0.25) is 0 Å². The first kappa shape index (κ1) is 11.6. The molecule has 0 fully saturated rings. The summed E-state index contributed by atoms with van der Waals surface area (Å²) in [7, 11) is 0. The van der Waals surface area contributed by atoms with Crippen molar-refractivity contribution >= 4 is 12.4 Å². The summed E-state index contributed by atoms with van der Waals surface area (Å²) in [6, 6.07) is 0. The van der Waals surface area contributed by atoms with Crippen molar-refractivity contribution in [1.29, 1.82) is 0 Å². The largest absolute Gasteiger partial charge is 0.374 e. The van der Waals surface area contributed by atoms with Crippen molar-refractivity contribution in [2.45, 2.75) is 26.7 Å². The molecule has 0 spiro atoms. The molecule has 2 heteroatoms. The molecule has 0 N–H and O–H groups in total. The molecular formula is C10H18ClN. The topological polar surface area (TPSA) is 3.24 Å². The number of halogens is 1. The number of hydrogen-bond acceptors (Lipinski definition) is 1. The summed E-state index contributed by atoms with van der Waals surface area (Å²) in [6.45, 7) is 6.68. The monoisotopic (exact) mass is 187 g/mol. The van der Waals surface area contributed by atoms with Crippen molar-refractivity contribution in [2.24, 2.45) is 0 Å². The van der Waals surface area contributed by atoms with Crippen molar-refractivity contribution in [3.8, 4) is 0 Å². The van der Waals surface area contributed by atoms with Gasteiger partial charge in [-0.25, -0.2) is 0 Å². The molecular weight excluding hydrogens is 170 g/mol. The maximum atomic E-state index is 2.36. The summed E-state index contributed by atoms with van der Waals surface area (Å²) in [4.78, 5) is 2.36. The van der Waals surface area contributed by atoms with E-state index in [0.717, 1.165) is 6.54 Å². The Kier molecular flexibility index (Phi) is 5.91. The van der Waals surface area contributed by atoms with E-state index in [4.69, 9.17) is 0 Å². The Morgan fingerprint density at radius 2 is 2.25 bits per heavy atom. The van der Waals surface area contributed by atoms with Crippen LogP contribution in [0.1, 0.15) is 26.7 Å². The van der Waals surface area contributed by atoms with E-state index in [0.29, 0.717) is 0 Å². The van der Waals surface area contributed by atoms with Crippen LogP contribution in [0.2, 0.25) is 0 Å². The van der Waals surface area contributed by atoms with Gasteiger partial charge in [-0.05, 0) is 25.6 Å². The average Bonchev–Trinajstić information content (AvgIpc) is 2.04. The van der Waals surface area contributed by atoms with Crippen LogP contribution in [0.3, 0.4) is 0 Å². The smallest absolute Gasteiger partial charge is 0.0359 e. The van der Waals surface area contributed by atoms with Crippen molar-refractivity contribution < 1.29 is 0 Å². The molecule has 0 saturated heterocycles. The summed E-state index contributed by atoms with van der Waals surface area (Å²) in [5.41, 5.74) is 1.39. The van der Waals surface area contributed by atoms with Gasteiger partial charge in [-0.15, -0.1) is 12.4 Å². The highest BCUT2D eigenvalue weighted by Crippen LogP contribution is 2.06.